The standard InChI is InChI=1S/C15H28N4/c1-15(2,3)16-11-13-6-9-19(12-13)10-7-14-5-8-17-18(14)4/h5,8,13,16H,6-7,9-12H2,1-4H3. The zero-order valence-corrected chi connectivity index (χ0v) is 12.8. The predicted molar refractivity (Wildman–Crippen MR) is 79.2 cm³/mol. The molecule has 1 unspecified atom stereocenters. The summed E-state index contributed by atoms with van der Waals surface area (Å²) in [6.45, 7) is 11.5. The van der Waals surface area contributed by atoms with Crippen molar-refractivity contribution in [1.82, 2.24) is 20.0 Å². The molecule has 0 aromatic carbocycles. The van der Waals surface area contributed by atoms with Crippen molar-refractivity contribution in [3.05, 3.63) is 18.0 Å². The first kappa shape index (κ1) is 14.5. The lowest BCUT2D eigenvalue weighted by Gasteiger charge is -2.23. The first-order valence-electron chi connectivity index (χ1n) is 7.38. The number of nitrogens with one attached hydrogen (secondary N) is 1. The van der Waals surface area contributed by atoms with Crippen LogP contribution in [0.5, 0.6) is 0 Å². The van der Waals surface area contributed by atoms with Crippen LogP contribution in [0.3, 0.4) is 0 Å². The van der Waals surface area contributed by atoms with E-state index in [9.17, 15) is 0 Å². The Morgan fingerprint density at radius 2 is 2.21 bits per heavy atom. The van der Waals surface area contributed by atoms with Crippen LogP contribution in [0.2, 0.25) is 0 Å². The zero-order chi connectivity index (χ0) is 13.9. The van der Waals surface area contributed by atoms with Gasteiger partial charge in [-0.3, -0.25) is 4.68 Å². The molecule has 4 nitrogen and oxygen atoms in total. The van der Waals surface area contributed by atoms with Gasteiger partial charge in [-0.1, -0.05) is 0 Å². The van der Waals surface area contributed by atoms with Crippen molar-refractivity contribution in [2.75, 3.05) is 26.2 Å². The van der Waals surface area contributed by atoms with E-state index < -0.39 is 0 Å². The quantitative estimate of drug-likeness (QED) is 0.878. The molecule has 1 atom stereocenters. The first-order chi connectivity index (χ1) is 8.94. The summed E-state index contributed by atoms with van der Waals surface area (Å²) in [5.74, 6) is 0.811. The Morgan fingerprint density at radius 1 is 1.42 bits per heavy atom. The van der Waals surface area contributed by atoms with Crippen molar-refractivity contribution >= 4 is 0 Å². The molecule has 4 heteroatoms. The molecule has 1 saturated heterocycles. The summed E-state index contributed by atoms with van der Waals surface area (Å²) in [6.07, 6.45) is 4.32. The number of hydrogen-bond acceptors (Lipinski definition) is 3. The van der Waals surface area contributed by atoms with E-state index in [0.29, 0.717) is 0 Å². The average molecular weight is 264 g/mol. The van der Waals surface area contributed by atoms with Crippen molar-refractivity contribution < 1.29 is 0 Å². The van der Waals surface area contributed by atoms with Gasteiger partial charge >= 0.3 is 0 Å². The zero-order valence-electron chi connectivity index (χ0n) is 12.8. The van der Waals surface area contributed by atoms with E-state index in [1.807, 2.05) is 17.9 Å². The third kappa shape index (κ3) is 4.62. The van der Waals surface area contributed by atoms with E-state index in [4.69, 9.17) is 0 Å². The molecule has 2 heterocycles. The normalized spacial score (nSPS) is 21.2. The topological polar surface area (TPSA) is 33.1 Å². The monoisotopic (exact) mass is 264 g/mol. The van der Waals surface area contributed by atoms with Crippen LogP contribution in [0.25, 0.3) is 0 Å². The van der Waals surface area contributed by atoms with E-state index in [2.05, 4.69) is 42.2 Å². The summed E-state index contributed by atoms with van der Waals surface area (Å²) in [5, 5.41) is 7.84. The number of nitrogens with zero attached hydrogens (tertiary/aromatic N) is 3. The molecule has 108 valence electrons. The molecular formula is C15H28N4. The van der Waals surface area contributed by atoms with Gasteiger partial charge in [-0.15, -0.1) is 0 Å². The summed E-state index contributed by atoms with van der Waals surface area (Å²) in [6, 6.07) is 2.12. The predicted octanol–water partition coefficient (Wildman–Crippen LogP) is 1.67. The summed E-state index contributed by atoms with van der Waals surface area (Å²) in [4.78, 5) is 2.59. The Bertz CT molecular complexity index is 391. The lowest BCUT2D eigenvalue weighted by atomic mass is 10.1. The van der Waals surface area contributed by atoms with E-state index in [0.717, 1.165) is 25.4 Å². The molecule has 1 N–H and O–H groups in total. The fraction of sp³-hybridized carbons (Fsp3) is 0.800. The minimum Gasteiger partial charge on any atom is -0.312 e. The number of aromatic nitrogens is 2. The molecule has 0 bridgehead atoms. The third-order valence-corrected chi connectivity index (χ3v) is 3.90. The van der Waals surface area contributed by atoms with Crippen LogP contribution in [0.4, 0.5) is 0 Å². The molecule has 1 fully saturated rings. The molecule has 2 rings (SSSR count). The van der Waals surface area contributed by atoms with Gasteiger partial charge in [0.05, 0.1) is 0 Å². The molecular weight excluding hydrogens is 236 g/mol. The van der Waals surface area contributed by atoms with Crippen molar-refractivity contribution in [3.8, 4) is 0 Å². The average Bonchev–Trinajstić information content (AvgIpc) is 2.92. The van der Waals surface area contributed by atoms with Gasteiger partial charge in [0, 0.05) is 44.0 Å². The SMILES string of the molecule is Cn1nccc1CCN1CCC(CNC(C)(C)C)C1. The van der Waals surface area contributed by atoms with Crippen molar-refractivity contribution in [3.63, 3.8) is 0 Å². The fourth-order valence-electron chi connectivity index (χ4n) is 2.65. The number of likely N-dealkylation sites (tertiary alicyclic amines) is 1. The minimum atomic E-state index is 0.238. The molecule has 1 aliphatic rings. The Hall–Kier alpha value is -0.870. The summed E-state index contributed by atoms with van der Waals surface area (Å²) < 4.78 is 1.98. The second kappa shape index (κ2) is 6.06. The van der Waals surface area contributed by atoms with Crippen LogP contribution in [0, 0.1) is 5.92 Å². The Kier molecular flexibility index (Phi) is 4.63. The minimum absolute atomic E-state index is 0.238. The highest BCUT2D eigenvalue weighted by Gasteiger charge is 2.23. The van der Waals surface area contributed by atoms with E-state index >= 15 is 0 Å². The number of rotatable bonds is 5. The summed E-state index contributed by atoms with van der Waals surface area (Å²) >= 11 is 0. The highest BCUT2D eigenvalue weighted by Crippen LogP contribution is 2.16. The molecule has 0 spiro atoms. The molecule has 0 aliphatic carbocycles. The van der Waals surface area contributed by atoms with Gasteiger partial charge in [0.25, 0.3) is 0 Å². The van der Waals surface area contributed by atoms with Gasteiger partial charge in [-0.2, -0.15) is 5.10 Å². The second-order valence-corrected chi connectivity index (χ2v) is 6.78. The van der Waals surface area contributed by atoms with Gasteiger partial charge < -0.3 is 10.2 Å². The fourth-order valence-corrected chi connectivity index (χ4v) is 2.65. The molecule has 1 aromatic heterocycles. The molecule has 1 aliphatic heterocycles. The Labute approximate surface area is 117 Å². The Balaban J connectivity index is 1.69. The van der Waals surface area contributed by atoms with Gasteiger partial charge in [0.2, 0.25) is 0 Å². The van der Waals surface area contributed by atoms with E-state index in [1.54, 1.807) is 0 Å². The summed E-state index contributed by atoms with van der Waals surface area (Å²) in [7, 11) is 2.02. The van der Waals surface area contributed by atoms with E-state index in [1.165, 1.54) is 25.2 Å². The van der Waals surface area contributed by atoms with Gasteiger partial charge in [-0.05, 0) is 52.3 Å². The number of hydrogen-bond donors (Lipinski definition) is 1. The van der Waals surface area contributed by atoms with E-state index in [-0.39, 0.29) is 5.54 Å². The third-order valence-electron chi connectivity index (χ3n) is 3.90. The second-order valence-electron chi connectivity index (χ2n) is 6.78. The van der Waals surface area contributed by atoms with Crippen LogP contribution >= 0.6 is 0 Å². The van der Waals surface area contributed by atoms with Crippen LogP contribution in [-0.4, -0.2) is 46.4 Å². The van der Waals surface area contributed by atoms with Gasteiger partial charge in [0.15, 0.2) is 0 Å². The molecule has 1 aromatic rings. The van der Waals surface area contributed by atoms with Gasteiger partial charge in [-0.25, -0.2) is 0 Å². The first-order valence-corrected chi connectivity index (χ1v) is 7.38. The van der Waals surface area contributed by atoms with Crippen LogP contribution in [-0.2, 0) is 13.5 Å². The van der Waals surface area contributed by atoms with Gasteiger partial charge in [0.1, 0.15) is 0 Å². The highest BCUT2D eigenvalue weighted by molar-refractivity contribution is 5.00. The lowest BCUT2D eigenvalue weighted by Crippen LogP contribution is -2.39. The van der Waals surface area contributed by atoms with Crippen LogP contribution in [0.15, 0.2) is 12.3 Å². The van der Waals surface area contributed by atoms with Crippen molar-refractivity contribution in [2.24, 2.45) is 13.0 Å². The summed E-state index contributed by atoms with van der Waals surface area (Å²) in [5.41, 5.74) is 1.57. The largest absolute Gasteiger partial charge is 0.312 e. The molecule has 0 saturated carbocycles. The highest BCUT2D eigenvalue weighted by atomic mass is 15.3. The molecule has 0 radical (unpaired) electrons. The maximum absolute atomic E-state index is 4.22. The van der Waals surface area contributed by atoms with Crippen LogP contribution < -0.4 is 5.32 Å². The maximum Gasteiger partial charge on any atom is 0.0492 e. The maximum atomic E-state index is 4.22. The van der Waals surface area contributed by atoms with Crippen LogP contribution in [0.1, 0.15) is 32.9 Å². The van der Waals surface area contributed by atoms with Crippen molar-refractivity contribution in [1.29, 1.82) is 0 Å². The smallest absolute Gasteiger partial charge is 0.0492 e. The molecule has 19 heavy (non-hydrogen) atoms. The number of aryl methyl sites for hydroxylation is 1. The Morgan fingerprint density at radius 3 is 2.84 bits per heavy atom. The lowest BCUT2D eigenvalue weighted by molar-refractivity contribution is 0.313. The van der Waals surface area contributed by atoms with Crippen molar-refractivity contribution in [2.45, 2.75) is 39.2 Å². The molecule has 0 amide bonds.